The molecule has 4 nitrogen and oxygen atoms in total. The third kappa shape index (κ3) is 2.68. The fourth-order valence-corrected chi connectivity index (χ4v) is 2.36. The van der Waals surface area contributed by atoms with Gasteiger partial charge in [-0.2, -0.15) is 0 Å². The van der Waals surface area contributed by atoms with Crippen LogP contribution in [0.1, 0.15) is 18.1 Å². The molecule has 1 fully saturated rings. The number of rotatable bonds is 3. The summed E-state index contributed by atoms with van der Waals surface area (Å²) < 4.78 is 0. The molecule has 0 aliphatic carbocycles. The number of benzene rings is 1. The molecule has 1 atom stereocenters. The molecule has 3 N–H and O–H groups in total. The van der Waals surface area contributed by atoms with Gasteiger partial charge in [0.05, 0.1) is 6.04 Å². The summed E-state index contributed by atoms with van der Waals surface area (Å²) in [7, 11) is 0. The van der Waals surface area contributed by atoms with Crippen LogP contribution in [0.5, 0.6) is 0 Å². The number of carbonyl (C=O) groups excluding carboxylic acids is 1. The second-order valence-corrected chi connectivity index (χ2v) is 4.90. The lowest BCUT2D eigenvalue weighted by molar-refractivity contribution is -0.128. The van der Waals surface area contributed by atoms with E-state index in [1.807, 2.05) is 31.2 Å². The number of thiocarbonyl (C=S) groups is 1. The van der Waals surface area contributed by atoms with Gasteiger partial charge in [-0.05, 0) is 12.5 Å². The highest BCUT2D eigenvalue weighted by Gasteiger charge is 2.25. The number of amides is 1. The van der Waals surface area contributed by atoms with Crippen molar-refractivity contribution in [3.05, 3.63) is 35.4 Å². The second kappa shape index (κ2) is 5.46. The minimum absolute atomic E-state index is 0.0778. The molecule has 1 aromatic rings. The maximum Gasteiger partial charge on any atom is 0.237 e. The Morgan fingerprint density at radius 2 is 2.28 bits per heavy atom. The largest absolute Gasteiger partial charge is 0.389 e. The number of hydrogen-bond donors (Lipinski definition) is 2. The number of nitrogens with one attached hydrogen (secondary N) is 1. The Labute approximate surface area is 112 Å². The molecular weight excluding hydrogens is 246 g/mol. The fourth-order valence-electron chi connectivity index (χ4n) is 2.16. The van der Waals surface area contributed by atoms with E-state index in [0.717, 1.165) is 17.7 Å². The van der Waals surface area contributed by atoms with E-state index in [9.17, 15) is 4.79 Å². The van der Waals surface area contributed by atoms with E-state index in [4.69, 9.17) is 18.0 Å². The Morgan fingerprint density at radius 1 is 1.56 bits per heavy atom. The van der Waals surface area contributed by atoms with E-state index in [0.29, 0.717) is 18.1 Å². The van der Waals surface area contributed by atoms with Gasteiger partial charge in [-0.3, -0.25) is 9.69 Å². The minimum atomic E-state index is -0.113. The first kappa shape index (κ1) is 13.0. The van der Waals surface area contributed by atoms with Crippen molar-refractivity contribution >= 4 is 23.1 Å². The van der Waals surface area contributed by atoms with E-state index < -0.39 is 0 Å². The molecular formula is C13H17N3OS. The summed E-state index contributed by atoms with van der Waals surface area (Å²) in [6.45, 7) is 4.15. The van der Waals surface area contributed by atoms with Gasteiger partial charge in [0.15, 0.2) is 0 Å². The topological polar surface area (TPSA) is 58.4 Å². The van der Waals surface area contributed by atoms with Crippen molar-refractivity contribution in [3.8, 4) is 0 Å². The van der Waals surface area contributed by atoms with Crippen molar-refractivity contribution in [1.82, 2.24) is 10.2 Å². The van der Waals surface area contributed by atoms with E-state index >= 15 is 0 Å². The van der Waals surface area contributed by atoms with Crippen LogP contribution in [0.2, 0.25) is 0 Å². The second-order valence-electron chi connectivity index (χ2n) is 4.46. The first-order valence-corrected chi connectivity index (χ1v) is 6.40. The molecule has 5 heteroatoms. The van der Waals surface area contributed by atoms with Gasteiger partial charge in [0.2, 0.25) is 5.91 Å². The lowest BCUT2D eigenvalue weighted by atomic mass is 10.1. The molecule has 1 aromatic carbocycles. The maximum atomic E-state index is 11.6. The van der Waals surface area contributed by atoms with Crippen molar-refractivity contribution in [2.24, 2.45) is 5.73 Å². The number of nitrogens with zero attached hydrogens (tertiary/aromatic N) is 1. The van der Waals surface area contributed by atoms with Crippen LogP contribution in [-0.2, 0) is 11.3 Å². The van der Waals surface area contributed by atoms with Crippen LogP contribution in [0, 0.1) is 0 Å². The van der Waals surface area contributed by atoms with Gasteiger partial charge in [0.25, 0.3) is 0 Å². The third-order valence-electron chi connectivity index (χ3n) is 3.28. The first-order chi connectivity index (χ1) is 8.59. The summed E-state index contributed by atoms with van der Waals surface area (Å²) in [6.07, 6.45) is 0. The molecule has 0 spiro atoms. The van der Waals surface area contributed by atoms with Gasteiger partial charge >= 0.3 is 0 Å². The number of piperazine rings is 1. The summed E-state index contributed by atoms with van der Waals surface area (Å²) in [4.78, 5) is 14.1. The van der Waals surface area contributed by atoms with Crippen LogP contribution in [0.4, 0.5) is 0 Å². The SMILES string of the molecule is CC1C(=O)NCCN1Cc1ccccc1C(N)=S. The summed E-state index contributed by atoms with van der Waals surface area (Å²) in [5.41, 5.74) is 7.68. The zero-order valence-electron chi connectivity index (χ0n) is 10.3. The maximum absolute atomic E-state index is 11.6. The zero-order chi connectivity index (χ0) is 13.1. The molecule has 0 radical (unpaired) electrons. The van der Waals surface area contributed by atoms with Crippen LogP contribution >= 0.6 is 12.2 Å². The van der Waals surface area contributed by atoms with Crippen molar-refractivity contribution < 1.29 is 4.79 Å². The standard InChI is InChI=1S/C13H17N3OS/c1-9-13(17)15-6-7-16(9)8-10-4-2-3-5-11(10)12(14)18/h2-5,9H,6-8H2,1H3,(H2,14,18)(H,15,17). The number of hydrogen-bond acceptors (Lipinski definition) is 3. The van der Waals surface area contributed by atoms with E-state index in [1.165, 1.54) is 0 Å². The van der Waals surface area contributed by atoms with Crippen LogP contribution in [0.25, 0.3) is 0 Å². The third-order valence-corrected chi connectivity index (χ3v) is 3.50. The molecule has 1 saturated heterocycles. The monoisotopic (exact) mass is 263 g/mol. The highest BCUT2D eigenvalue weighted by atomic mass is 32.1. The van der Waals surface area contributed by atoms with Crippen LogP contribution < -0.4 is 11.1 Å². The lowest BCUT2D eigenvalue weighted by Gasteiger charge is -2.33. The Morgan fingerprint density at radius 3 is 3.00 bits per heavy atom. The smallest absolute Gasteiger partial charge is 0.237 e. The zero-order valence-corrected chi connectivity index (χ0v) is 11.2. The van der Waals surface area contributed by atoms with Crippen LogP contribution in [0.3, 0.4) is 0 Å². The predicted molar refractivity (Wildman–Crippen MR) is 75.2 cm³/mol. The molecule has 1 amide bonds. The molecule has 1 aliphatic heterocycles. The molecule has 2 rings (SSSR count). The van der Waals surface area contributed by atoms with Crippen molar-refractivity contribution in [1.29, 1.82) is 0 Å². The Kier molecular flexibility index (Phi) is 3.93. The van der Waals surface area contributed by atoms with Crippen LogP contribution in [0.15, 0.2) is 24.3 Å². The van der Waals surface area contributed by atoms with Gasteiger partial charge in [-0.15, -0.1) is 0 Å². The normalized spacial score (nSPS) is 20.5. The van der Waals surface area contributed by atoms with Gasteiger partial charge in [-0.1, -0.05) is 36.5 Å². The molecule has 96 valence electrons. The Balaban J connectivity index is 2.18. The van der Waals surface area contributed by atoms with E-state index in [-0.39, 0.29) is 11.9 Å². The van der Waals surface area contributed by atoms with Crippen LogP contribution in [-0.4, -0.2) is 34.9 Å². The summed E-state index contributed by atoms with van der Waals surface area (Å²) in [5.74, 6) is 0.0778. The first-order valence-electron chi connectivity index (χ1n) is 5.99. The molecule has 0 aromatic heterocycles. The molecule has 0 bridgehead atoms. The molecule has 1 aliphatic rings. The summed E-state index contributed by atoms with van der Waals surface area (Å²) >= 11 is 5.05. The summed E-state index contributed by atoms with van der Waals surface area (Å²) in [6, 6.07) is 7.70. The molecule has 0 saturated carbocycles. The molecule has 1 heterocycles. The average molecular weight is 263 g/mol. The predicted octanol–water partition coefficient (Wildman–Crippen LogP) is 0.641. The highest BCUT2D eigenvalue weighted by Crippen LogP contribution is 2.15. The van der Waals surface area contributed by atoms with E-state index in [1.54, 1.807) is 0 Å². The summed E-state index contributed by atoms with van der Waals surface area (Å²) in [5, 5.41) is 2.85. The van der Waals surface area contributed by atoms with Gasteiger partial charge < -0.3 is 11.1 Å². The van der Waals surface area contributed by atoms with Gasteiger partial charge in [0.1, 0.15) is 4.99 Å². The van der Waals surface area contributed by atoms with E-state index in [2.05, 4.69) is 10.2 Å². The Bertz CT molecular complexity index is 475. The fraction of sp³-hybridized carbons (Fsp3) is 0.385. The van der Waals surface area contributed by atoms with Crippen molar-refractivity contribution in [3.63, 3.8) is 0 Å². The number of nitrogens with two attached hydrogens (primary N) is 1. The van der Waals surface area contributed by atoms with Gasteiger partial charge in [-0.25, -0.2) is 0 Å². The Hall–Kier alpha value is -1.46. The quantitative estimate of drug-likeness (QED) is 0.786. The molecule has 1 unspecified atom stereocenters. The van der Waals surface area contributed by atoms with Crippen molar-refractivity contribution in [2.75, 3.05) is 13.1 Å². The van der Waals surface area contributed by atoms with Crippen molar-refractivity contribution in [2.45, 2.75) is 19.5 Å². The number of carbonyl (C=O) groups is 1. The average Bonchev–Trinajstić information content (AvgIpc) is 2.35. The van der Waals surface area contributed by atoms with Gasteiger partial charge in [0, 0.05) is 25.2 Å². The lowest BCUT2D eigenvalue weighted by Crippen LogP contribution is -2.53. The minimum Gasteiger partial charge on any atom is -0.389 e. The molecule has 18 heavy (non-hydrogen) atoms. The highest BCUT2D eigenvalue weighted by molar-refractivity contribution is 7.80.